The lowest BCUT2D eigenvalue weighted by Gasteiger charge is -2.39. The van der Waals surface area contributed by atoms with E-state index in [2.05, 4.69) is 10.6 Å². The average molecular weight is 271 g/mol. The van der Waals surface area contributed by atoms with Crippen LogP contribution in [-0.2, 0) is 9.59 Å². The topological polar surface area (TPSA) is 84.2 Å². The second kappa shape index (κ2) is 6.13. The third kappa shape index (κ3) is 3.41. The first-order valence-electron chi connectivity index (χ1n) is 6.26. The molecule has 6 heteroatoms. The average Bonchev–Trinajstić information content (AvgIpc) is 2.13. The zero-order chi connectivity index (χ0) is 13.8. The molecule has 0 aliphatic heterocycles. The number of carbonyl (C=O) groups excluding carboxylic acids is 2. The van der Waals surface area contributed by atoms with Crippen LogP contribution in [0.1, 0.15) is 39.5 Å². The summed E-state index contributed by atoms with van der Waals surface area (Å²) in [6, 6.07) is 0.114. The monoisotopic (exact) mass is 271 g/mol. The van der Waals surface area contributed by atoms with Crippen LogP contribution >= 0.6 is 12.2 Å². The van der Waals surface area contributed by atoms with Crippen molar-refractivity contribution in [1.82, 2.24) is 10.6 Å². The summed E-state index contributed by atoms with van der Waals surface area (Å²) in [5.74, 6) is -0.207. The van der Waals surface area contributed by atoms with Crippen molar-refractivity contribution in [3.05, 3.63) is 0 Å². The molecule has 5 nitrogen and oxygen atoms in total. The third-order valence-electron chi connectivity index (χ3n) is 3.20. The maximum Gasteiger partial charge on any atom is 0.233 e. The van der Waals surface area contributed by atoms with Crippen LogP contribution in [0.5, 0.6) is 0 Å². The van der Waals surface area contributed by atoms with Crippen molar-refractivity contribution >= 4 is 29.0 Å². The number of hydrogen-bond donors (Lipinski definition) is 3. The molecule has 0 atom stereocenters. The minimum absolute atomic E-state index is 0.0664. The molecular formula is C12H21N3O2S. The molecule has 0 unspecified atom stereocenters. The van der Waals surface area contributed by atoms with E-state index in [-0.39, 0.29) is 29.3 Å². The first kappa shape index (κ1) is 14.9. The van der Waals surface area contributed by atoms with E-state index in [1.807, 2.05) is 13.8 Å². The molecule has 1 fully saturated rings. The van der Waals surface area contributed by atoms with Gasteiger partial charge in [-0.05, 0) is 26.7 Å². The zero-order valence-corrected chi connectivity index (χ0v) is 11.7. The number of amides is 2. The number of hydrogen-bond acceptors (Lipinski definition) is 3. The Morgan fingerprint density at radius 1 is 1.39 bits per heavy atom. The van der Waals surface area contributed by atoms with Gasteiger partial charge in [0.15, 0.2) is 0 Å². The molecule has 0 heterocycles. The van der Waals surface area contributed by atoms with E-state index in [4.69, 9.17) is 18.0 Å². The minimum atomic E-state index is -0.663. The van der Waals surface area contributed by atoms with Crippen LogP contribution in [0.3, 0.4) is 0 Å². The molecular weight excluding hydrogens is 250 g/mol. The van der Waals surface area contributed by atoms with Gasteiger partial charge >= 0.3 is 0 Å². The van der Waals surface area contributed by atoms with Gasteiger partial charge in [0.1, 0.15) is 0 Å². The fourth-order valence-corrected chi connectivity index (χ4v) is 2.27. The van der Waals surface area contributed by atoms with Gasteiger partial charge in [-0.15, -0.1) is 0 Å². The Hall–Kier alpha value is -1.17. The summed E-state index contributed by atoms with van der Waals surface area (Å²) in [7, 11) is 0. The minimum Gasteiger partial charge on any atom is -0.392 e. The van der Waals surface area contributed by atoms with Crippen molar-refractivity contribution in [3.8, 4) is 0 Å². The van der Waals surface area contributed by atoms with Gasteiger partial charge in [-0.3, -0.25) is 9.59 Å². The molecule has 4 N–H and O–H groups in total. The second-order valence-electron chi connectivity index (χ2n) is 5.03. The Labute approximate surface area is 113 Å². The van der Waals surface area contributed by atoms with E-state index in [1.165, 1.54) is 0 Å². The molecule has 0 saturated heterocycles. The van der Waals surface area contributed by atoms with Crippen LogP contribution in [0.2, 0.25) is 0 Å². The molecule has 1 rings (SSSR count). The van der Waals surface area contributed by atoms with Gasteiger partial charge in [-0.2, -0.15) is 0 Å². The van der Waals surface area contributed by atoms with Crippen molar-refractivity contribution in [3.63, 3.8) is 0 Å². The molecule has 0 aromatic heterocycles. The Morgan fingerprint density at radius 3 is 2.39 bits per heavy atom. The van der Waals surface area contributed by atoms with E-state index < -0.39 is 5.41 Å². The smallest absolute Gasteiger partial charge is 0.233 e. The van der Waals surface area contributed by atoms with Gasteiger partial charge in [-0.25, -0.2) is 0 Å². The first-order valence-corrected chi connectivity index (χ1v) is 6.67. The van der Waals surface area contributed by atoms with Gasteiger partial charge in [0.05, 0.1) is 10.4 Å². The number of nitrogens with one attached hydrogen (secondary N) is 2. The Bertz CT molecular complexity index is 351. The molecule has 18 heavy (non-hydrogen) atoms. The summed E-state index contributed by atoms with van der Waals surface area (Å²) in [5, 5.41) is 5.51. The summed E-state index contributed by atoms with van der Waals surface area (Å²) < 4.78 is 0. The van der Waals surface area contributed by atoms with Crippen LogP contribution < -0.4 is 16.4 Å². The molecule has 0 aromatic rings. The predicted octanol–water partition coefficient (Wildman–Crippen LogP) is 0.474. The first-order chi connectivity index (χ1) is 8.38. The molecule has 0 spiro atoms. The van der Waals surface area contributed by atoms with E-state index in [9.17, 15) is 9.59 Å². The standard InChI is InChI=1S/C12H21N3O2S/c1-8(2)15-9(16)4-7-14-11(17)12(10(13)18)5-3-6-12/h8H,3-7H2,1-2H3,(H2,13,18)(H,14,17)(H,15,16). The third-order valence-corrected chi connectivity index (χ3v) is 3.59. The summed E-state index contributed by atoms with van der Waals surface area (Å²) in [6.07, 6.45) is 2.68. The van der Waals surface area contributed by atoms with Gasteiger partial charge in [0.25, 0.3) is 0 Å². The quantitative estimate of drug-likeness (QED) is 0.613. The number of rotatable bonds is 6. The van der Waals surface area contributed by atoms with Crippen LogP contribution in [0.4, 0.5) is 0 Å². The van der Waals surface area contributed by atoms with Gasteiger partial charge in [0, 0.05) is 19.0 Å². The van der Waals surface area contributed by atoms with Gasteiger partial charge in [0.2, 0.25) is 11.8 Å². The Balaban J connectivity index is 2.33. The molecule has 102 valence electrons. The maximum absolute atomic E-state index is 12.0. The van der Waals surface area contributed by atoms with Gasteiger partial charge < -0.3 is 16.4 Å². The molecule has 0 radical (unpaired) electrons. The maximum atomic E-state index is 12.0. The highest BCUT2D eigenvalue weighted by atomic mass is 32.1. The lowest BCUT2D eigenvalue weighted by Crippen LogP contribution is -2.53. The van der Waals surface area contributed by atoms with E-state index in [0.717, 1.165) is 6.42 Å². The number of thiocarbonyl (C=S) groups is 1. The Morgan fingerprint density at radius 2 is 2.00 bits per heavy atom. The molecule has 1 aliphatic rings. The Kier molecular flexibility index (Phi) is 5.07. The lowest BCUT2D eigenvalue weighted by molar-refractivity contribution is -0.130. The van der Waals surface area contributed by atoms with Crippen LogP contribution in [0, 0.1) is 5.41 Å². The molecule has 0 aromatic carbocycles. The number of carbonyl (C=O) groups is 2. The van der Waals surface area contributed by atoms with Crippen molar-refractivity contribution in [2.24, 2.45) is 11.1 Å². The van der Waals surface area contributed by atoms with Crippen molar-refractivity contribution in [2.45, 2.75) is 45.6 Å². The summed E-state index contributed by atoms with van der Waals surface area (Å²) in [6.45, 7) is 4.11. The molecule has 1 aliphatic carbocycles. The van der Waals surface area contributed by atoms with Crippen LogP contribution in [0.15, 0.2) is 0 Å². The molecule has 2 amide bonds. The highest BCUT2D eigenvalue weighted by molar-refractivity contribution is 7.80. The van der Waals surface area contributed by atoms with E-state index in [0.29, 0.717) is 19.4 Å². The summed E-state index contributed by atoms with van der Waals surface area (Å²) in [4.78, 5) is 23.6. The molecule has 1 saturated carbocycles. The van der Waals surface area contributed by atoms with Crippen LogP contribution in [-0.4, -0.2) is 29.4 Å². The second-order valence-corrected chi connectivity index (χ2v) is 5.47. The zero-order valence-electron chi connectivity index (χ0n) is 10.9. The van der Waals surface area contributed by atoms with E-state index >= 15 is 0 Å². The fraction of sp³-hybridized carbons (Fsp3) is 0.750. The number of nitrogens with two attached hydrogens (primary N) is 1. The fourth-order valence-electron chi connectivity index (χ4n) is 1.97. The van der Waals surface area contributed by atoms with E-state index in [1.54, 1.807) is 0 Å². The van der Waals surface area contributed by atoms with Gasteiger partial charge in [-0.1, -0.05) is 18.6 Å². The highest BCUT2D eigenvalue weighted by Gasteiger charge is 2.46. The lowest BCUT2D eigenvalue weighted by atomic mass is 9.68. The predicted molar refractivity (Wildman–Crippen MR) is 74.0 cm³/mol. The largest absolute Gasteiger partial charge is 0.392 e. The normalized spacial score (nSPS) is 16.8. The van der Waals surface area contributed by atoms with Crippen molar-refractivity contribution in [2.75, 3.05) is 6.54 Å². The molecule has 0 bridgehead atoms. The highest BCUT2D eigenvalue weighted by Crippen LogP contribution is 2.41. The van der Waals surface area contributed by atoms with Crippen molar-refractivity contribution in [1.29, 1.82) is 0 Å². The van der Waals surface area contributed by atoms with Crippen molar-refractivity contribution < 1.29 is 9.59 Å². The summed E-state index contributed by atoms with van der Waals surface area (Å²) >= 11 is 4.95. The summed E-state index contributed by atoms with van der Waals surface area (Å²) in [5.41, 5.74) is 4.96. The van der Waals surface area contributed by atoms with Crippen LogP contribution in [0.25, 0.3) is 0 Å². The SMILES string of the molecule is CC(C)NC(=O)CCNC(=O)C1(C(N)=S)CCC1.